The van der Waals surface area contributed by atoms with Crippen LogP contribution in [0.5, 0.6) is 5.75 Å². The highest BCUT2D eigenvalue weighted by atomic mass is 35.5. The quantitative estimate of drug-likeness (QED) is 0.561. The number of nitrogens with two attached hydrogens (primary N) is 1. The Morgan fingerprint density at radius 2 is 1.65 bits per heavy atom. The Balaban J connectivity index is 2.09. The van der Waals surface area contributed by atoms with E-state index in [2.05, 4.69) is 6.92 Å². The van der Waals surface area contributed by atoms with Gasteiger partial charge in [-0.05, 0) is 24.6 Å². The van der Waals surface area contributed by atoms with E-state index < -0.39 is 0 Å². The molecule has 2 nitrogen and oxygen atoms in total. The van der Waals surface area contributed by atoms with E-state index in [-0.39, 0.29) is 0 Å². The van der Waals surface area contributed by atoms with Gasteiger partial charge in [0.1, 0.15) is 5.75 Å². The molecule has 0 bridgehead atoms. The summed E-state index contributed by atoms with van der Waals surface area (Å²) in [4.78, 5) is 0. The van der Waals surface area contributed by atoms with Crippen molar-refractivity contribution in [1.82, 2.24) is 0 Å². The van der Waals surface area contributed by atoms with E-state index in [4.69, 9.17) is 22.1 Å². The highest BCUT2D eigenvalue weighted by Crippen LogP contribution is 2.22. The molecule has 1 aromatic carbocycles. The molecule has 114 valence electrons. The molecule has 0 aliphatic carbocycles. The van der Waals surface area contributed by atoms with Gasteiger partial charge in [-0.25, -0.2) is 0 Å². The van der Waals surface area contributed by atoms with Crippen molar-refractivity contribution in [3.05, 3.63) is 28.8 Å². The topological polar surface area (TPSA) is 35.2 Å². The molecule has 20 heavy (non-hydrogen) atoms. The first-order valence-corrected chi connectivity index (χ1v) is 8.27. The Morgan fingerprint density at radius 1 is 1.00 bits per heavy atom. The zero-order valence-corrected chi connectivity index (χ0v) is 13.4. The summed E-state index contributed by atoms with van der Waals surface area (Å²) in [5.74, 6) is 0.875. The van der Waals surface area contributed by atoms with Gasteiger partial charge in [0, 0.05) is 17.1 Å². The van der Waals surface area contributed by atoms with E-state index in [0.29, 0.717) is 11.6 Å². The normalized spacial score (nSPS) is 10.8. The van der Waals surface area contributed by atoms with E-state index >= 15 is 0 Å². The van der Waals surface area contributed by atoms with Crippen LogP contribution < -0.4 is 10.5 Å². The Hall–Kier alpha value is -0.730. The Kier molecular flexibility index (Phi) is 9.52. The predicted octanol–water partition coefficient (Wildman–Crippen LogP) is 5.32. The lowest BCUT2D eigenvalue weighted by Crippen LogP contribution is -2.03. The highest BCUT2D eigenvalue weighted by Gasteiger charge is 2.03. The minimum atomic E-state index is 0.466. The van der Waals surface area contributed by atoms with Gasteiger partial charge in [0.2, 0.25) is 0 Å². The van der Waals surface area contributed by atoms with Crippen LogP contribution in [0.4, 0.5) is 0 Å². The number of hydrogen-bond donors (Lipinski definition) is 1. The maximum Gasteiger partial charge on any atom is 0.123 e. The predicted molar refractivity (Wildman–Crippen MR) is 87.4 cm³/mol. The van der Waals surface area contributed by atoms with Gasteiger partial charge in [0.15, 0.2) is 0 Å². The number of benzene rings is 1. The van der Waals surface area contributed by atoms with E-state index in [1.165, 1.54) is 44.9 Å². The molecule has 0 atom stereocenters. The molecule has 0 saturated heterocycles. The molecular weight excluding hydrogens is 270 g/mol. The average Bonchev–Trinajstić information content (AvgIpc) is 2.46. The van der Waals surface area contributed by atoms with Crippen molar-refractivity contribution in [2.75, 3.05) is 6.61 Å². The molecule has 0 aliphatic rings. The number of hydrogen-bond acceptors (Lipinski definition) is 2. The Labute approximate surface area is 128 Å². The maximum absolute atomic E-state index is 5.94. The van der Waals surface area contributed by atoms with Crippen LogP contribution in [0.25, 0.3) is 0 Å². The van der Waals surface area contributed by atoms with Crippen molar-refractivity contribution in [2.24, 2.45) is 5.73 Å². The number of rotatable bonds is 11. The third-order valence-corrected chi connectivity index (χ3v) is 3.73. The average molecular weight is 298 g/mol. The zero-order valence-electron chi connectivity index (χ0n) is 12.7. The highest BCUT2D eigenvalue weighted by molar-refractivity contribution is 6.30. The smallest absolute Gasteiger partial charge is 0.123 e. The minimum absolute atomic E-state index is 0.466. The largest absolute Gasteiger partial charge is 0.493 e. The lowest BCUT2D eigenvalue weighted by Gasteiger charge is -2.10. The van der Waals surface area contributed by atoms with Crippen LogP contribution in [0.15, 0.2) is 18.2 Å². The second-order valence-electron chi connectivity index (χ2n) is 5.28. The van der Waals surface area contributed by atoms with Gasteiger partial charge in [-0.1, -0.05) is 63.5 Å². The lowest BCUT2D eigenvalue weighted by molar-refractivity contribution is 0.301. The zero-order chi connectivity index (χ0) is 14.6. The van der Waals surface area contributed by atoms with Gasteiger partial charge < -0.3 is 10.5 Å². The molecule has 2 N–H and O–H groups in total. The van der Waals surface area contributed by atoms with Crippen LogP contribution in [-0.4, -0.2) is 6.61 Å². The van der Waals surface area contributed by atoms with Crippen LogP contribution >= 0.6 is 11.6 Å². The van der Waals surface area contributed by atoms with Gasteiger partial charge in [-0.3, -0.25) is 0 Å². The molecule has 0 heterocycles. The van der Waals surface area contributed by atoms with Gasteiger partial charge in [0.05, 0.1) is 6.61 Å². The van der Waals surface area contributed by atoms with Crippen molar-refractivity contribution in [2.45, 2.75) is 64.8 Å². The third kappa shape index (κ3) is 7.16. The maximum atomic E-state index is 5.94. The van der Waals surface area contributed by atoms with Crippen molar-refractivity contribution in [3.8, 4) is 5.75 Å². The van der Waals surface area contributed by atoms with Crippen LogP contribution in [0.1, 0.15) is 63.9 Å². The van der Waals surface area contributed by atoms with Gasteiger partial charge in [-0.2, -0.15) is 0 Å². The molecule has 0 saturated carbocycles. The van der Waals surface area contributed by atoms with E-state index in [0.717, 1.165) is 24.3 Å². The summed E-state index contributed by atoms with van der Waals surface area (Å²) in [5.41, 5.74) is 6.67. The van der Waals surface area contributed by atoms with E-state index in [1.54, 1.807) is 0 Å². The first-order chi connectivity index (χ1) is 9.77. The van der Waals surface area contributed by atoms with Gasteiger partial charge in [-0.15, -0.1) is 0 Å². The molecule has 3 heteroatoms. The van der Waals surface area contributed by atoms with E-state index in [1.807, 2.05) is 18.2 Å². The SMILES string of the molecule is CCCCCCCCCCOc1ccc(Cl)cc1CN. The first kappa shape index (κ1) is 17.3. The molecule has 0 amide bonds. The van der Waals surface area contributed by atoms with E-state index in [9.17, 15) is 0 Å². The summed E-state index contributed by atoms with van der Waals surface area (Å²) in [6.07, 6.45) is 10.5. The molecule has 0 unspecified atom stereocenters. The second kappa shape index (κ2) is 11.0. The Bertz CT molecular complexity index is 368. The summed E-state index contributed by atoms with van der Waals surface area (Å²) < 4.78 is 5.79. The van der Waals surface area contributed by atoms with Crippen molar-refractivity contribution >= 4 is 11.6 Å². The molecule has 1 rings (SSSR count). The fourth-order valence-electron chi connectivity index (χ4n) is 2.27. The van der Waals surface area contributed by atoms with Crippen LogP contribution in [0, 0.1) is 0 Å². The summed E-state index contributed by atoms with van der Waals surface area (Å²) in [6.45, 7) is 3.49. The number of halogens is 1. The Morgan fingerprint density at radius 3 is 2.30 bits per heavy atom. The van der Waals surface area contributed by atoms with Gasteiger partial charge in [0.25, 0.3) is 0 Å². The summed E-state index contributed by atoms with van der Waals surface area (Å²) in [5, 5.41) is 0.713. The third-order valence-electron chi connectivity index (χ3n) is 3.50. The molecule has 0 aromatic heterocycles. The summed E-state index contributed by atoms with van der Waals surface area (Å²) in [6, 6.07) is 5.64. The number of unbranched alkanes of at least 4 members (excludes halogenated alkanes) is 7. The molecule has 1 aromatic rings. The first-order valence-electron chi connectivity index (χ1n) is 7.89. The molecule has 0 spiro atoms. The summed E-state index contributed by atoms with van der Waals surface area (Å²) >= 11 is 5.94. The molecule has 0 fully saturated rings. The molecule has 0 radical (unpaired) electrons. The molecule has 0 aliphatic heterocycles. The standard InChI is InChI=1S/C17H28ClNO/c1-2-3-4-5-6-7-8-9-12-20-17-11-10-16(18)13-15(17)14-19/h10-11,13H,2-9,12,14,19H2,1H3. The second-order valence-corrected chi connectivity index (χ2v) is 5.72. The fourth-order valence-corrected chi connectivity index (χ4v) is 2.46. The van der Waals surface area contributed by atoms with Crippen molar-refractivity contribution in [1.29, 1.82) is 0 Å². The summed E-state index contributed by atoms with van der Waals surface area (Å²) in [7, 11) is 0. The van der Waals surface area contributed by atoms with Crippen molar-refractivity contribution in [3.63, 3.8) is 0 Å². The van der Waals surface area contributed by atoms with Crippen LogP contribution in [-0.2, 0) is 6.54 Å². The number of ether oxygens (including phenoxy) is 1. The van der Waals surface area contributed by atoms with Crippen LogP contribution in [0.3, 0.4) is 0 Å². The van der Waals surface area contributed by atoms with Crippen molar-refractivity contribution < 1.29 is 4.74 Å². The fraction of sp³-hybridized carbons (Fsp3) is 0.647. The monoisotopic (exact) mass is 297 g/mol. The van der Waals surface area contributed by atoms with Gasteiger partial charge >= 0.3 is 0 Å². The lowest BCUT2D eigenvalue weighted by atomic mass is 10.1. The minimum Gasteiger partial charge on any atom is -0.493 e. The van der Waals surface area contributed by atoms with Crippen LogP contribution in [0.2, 0.25) is 5.02 Å². The molecular formula is C17H28ClNO.